The van der Waals surface area contributed by atoms with Crippen LogP contribution in [0.2, 0.25) is 0 Å². The third kappa shape index (κ3) is 1.06. The highest BCUT2D eigenvalue weighted by molar-refractivity contribution is 5.52. The number of benzene rings is 1. The van der Waals surface area contributed by atoms with Crippen molar-refractivity contribution in [3.8, 4) is 0 Å². The first-order valence-electron chi connectivity index (χ1n) is 4.05. The van der Waals surface area contributed by atoms with E-state index in [9.17, 15) is 4.39 Å². The highest BCUT2D eigenvalue weighted by atomic mass is 19.1. The highest BCUT2D eigenvalue weighted by Crippen LogP contribution is 2.22. The Morgan fingerprint density at radius 2 is 2.17 bits per heavy atom. The van der Waals surface area contributed by atoms with Crippen molar-refractivity contribution in [1.82, 2.24) is 5.32 Å². The summed E-state index contributed by atoms with van der Waals surface area (Å²) in [6, 6.07) is 3.07. The van der Waals surface area contributed by atoms with E-state index < -0.39 is 0 Å². The van der Waals surface area contributed by atoms with Gasteiger partial charge < -0.3 is 11.1 Å². The lowest BCUT2D eigenvalue weighted by molar-refractivity contribution is 0.570. The Kier molecular flexibility index (Phi) is 1.73. The molecule has 0 aliphatic carbocycles. The van der Waals surface area contributed by atoms with Gasteiger partial charge >= 0.3 is 0 Å². The van der Waals surface area contributed by atoms with E-state index in [2.05, 4.69) is 5.32 Å². The first-order chi connectivity index (χ1) is 5.79. The van der Waals surface area contributed by atoms with Crippen molar-refractivity contribution in [2.75, 3.05) is 12.3 Å². The Hall–Kier alpha value is -1.09. The van der Waals surface area contributed by atoms with E-state index in [0.29, 0.717) is 12.2 Å². The number of hydrogen-bond donors (Lipinski definition) is 2. The van der Waals surface area contributed by atoms with Crippen molar-refractivity contribution in [2.45, 2.75) is 13.0 Å². The molecule has 0 saturated carbocycles. The summed E-state index contributed by atoms with van der Waals surface area (Å²) in [4.78, 5) is 0. The number of halogens is 1. The van der Waals surface area contributed by atoms with Crippen molar-refractivity contribution in [3.05, 3.63) is 29.1 Å². The number of hydrogen-bond acceptors (Lipinski definition) is 2. The molecule has 0 spiro atoms. The lowest BCUT2D eigenvalue weighted by Crippen LogP contribution is -2.25. The van der Waals surface area contributed by atoms with Gasteiger partial charge in [0.1, 0.15) is 5.82 Å². The van der Waals surface area contributed by atoms with Crippen LogP contribution in [0.3, 0.4) is 0 Å². The molecule has 1 aromatic carbocycles. The second-order valence-corrected chi connectivity index (χ2v) is 3.02. The van der Waals surface area contributed by atoms with E-state index in [1.807, 2.05) is 0 Å². The largest absolute Gasteiger partial charge is 0.398 e. The molecule has 0 unspecified atom stereocenters. The SMILES string of the molecule is Nc1ccc(F)c2c1CNCC2. The Bertz CT molecular complexity index is 279. The van der Waals surface area contributed by atoms with Gasteiger partial charge in [-0.3, -0.25) is 0 Å². The summed E-state index contributed by atoms with van der Waals surface area (Å²) in [6.45, 7) is 1.53. The zero-order chi connectivity index (χ0) is 8.55. The molecule has 3 heteroatoms. The molecule has 0 atom stereocenters. The van der Waals surface area contributed by atoms with Gasteiger partial charge in [0.05, 0.1) is 0 Å². The predicted octanol–water partition coefficient (Wildman–Crippen LogP) is 1.05. The summed E-state index contributed by atoms with van der Waals surface area (Å²) in [7, 11) is 0. The summed E-state index contributed by atoms with van der Waals surface area (Å²) < 4.78 is 13.2. The lowest BCUT2D eigenvalue weighted by Gasteiger charge is -2.19. The van der Waals surface area contributed by atoms with Gasteiger partial charge in [0.2, 0.25) is 0 Å². The summed E-state index contributed by atoms with van der Waals surface area (Å²) in [5.74, 6) is -0.124. The quantitative estimate of drug-likeness (QED) is 0.565. The molecule has 0 amide bonds. The average Bonchev–Trinajstić information content (AvgIpc) is 2.12. The van der Waals surface area contributed by atoms with Crippen LogP contribution >= 0.6 is 0 Å². The van der Waals surface area contributed by atoms with Gasteiger partial charge in [-0.25, -0.2) is 4.39 Å². The smallest absolute Gasteiger partial charge is 0.126 e. The fraction of sp³-hybridized carbons (Fsp3) is 0.333. The number of nitrogens with two attached hydrogens (primary N) is 1. The molecule has 1 aliphatic rings. The van der Waals surface area contributed by atoms with E-state index in [4.69, 9.17) is 5.73 Å². The topological polar surface area (TPSA) is 38.0 Å². The van der Waals surface area contributed by atoms with Crippen LogP contribution < -0.4 is 11.1 Å². The van der Waals surface area contributed by atoms with E-state index in [1.54, 1.807) is 6.07 Å². The Morgan fingerprint density at radius 3 is 2.92 bits per heavy atom. The van der Waals surface area contributed by atoms with Crippen LogP contribution in [0.25, 0.3) is 0 Å². The van der Waals surface area contributed by atoms with Crippen LogP contribution in [-0.4, -0.2) is 6.54 Å². The van der Waals surface area contributed by atoms with Gasteiger partial charge in [-0.05, 0) is 36.2 Å². The molecule has 2 nitrogen and oxygen atoms in total. The third-order valence-electron chi connectivity index (χ3n) is 2.26. The first-order valence-corrected chi connectivity index (χ1v) is 4.05. The molecule has 1 aromatic rings. The van der Waals surface area contributed by atoms with Gasteiger partial charge in [0.15, 0.2) is 0 Å². The summed E-state index contributed by atoms with van der Waals surface area (Å²) in [5.41, 5.74) is 8.11. The molecule has 0 saturated heterocycles. The lowest BCUT2D eigenvalue weighted by atomic mass is 9.99. The van der Waals surface area contributed by atoms with Gasteiger partial charge in [0, 0.05) is 12.2 Å². The van der Waals surface area contributed by atoms with Gasteiger partial charge in [0.25, 0.3) is 0 Å². The molecule has 0 aromatic heterocycles. The minimum atomic E-state index is -0.124. The standard InChI is InChI=1S/C9H11FN2/c10-8-1-2-9(11)7-5-12-4-3-6(7)8/h1-2,12H,3-5,11H2. The Balaban J connectivity index is 2.57. The molecule has 3 N–H and O–H groups in total. The number of nitrogen functional groups attached to an aromatic ring is 1. The minimum absolute atomic E-state index is 0.124. The number of fused-ring (bicyclic) bond motifs is 1. The maximum Gasteiger partial charge on any atom is 0.126 e. The summed E-state index contributed by atoms with van der Waals surface area (Å²) in [5, 5.41) is 3.16. The second-order valence-electron chi connectivity index (χ2n) is 3.02. The fourth-order valence-electron chi connectivity index (χ4n) is 1.59. The van der Waals surface area contributed by atoms with Crippen molar-refractivity contribution in [2.24, 2.45) is 0 Å². The summed E-state index contributed by atoms with van der Waals surface area (Å²) >= 11 is 0. The molecule has 1 aliphatic heterocycles. The molecular weight excluding hydrogens is 155 g/mol. The monoisotopic (exact) mass is 166 g/mol. The van der Waals surface area contributed by atoms with Crippen molar-refractivity contribution in [3.63, 3.8) is 0 Å². The Morgan fingerprint density at radius 1 is 1.33 bits per heavy atom. The fourth-order valence-corrected chi connectivity index (χ4v) is 1.59. The Labute approximate surface area is 70.6 Å². The number of anilines is 1. The van der Waals surface area contributed by atoms with Crippen LogP contribution in [-0.2, 0) is 13.0 Å². The molecule has 0 bridgehead atoms. The van der Waals surface area contributed by atoms with Crippen LogP contribution in [0, 0.1) is 5.82 Å². The van der Waals surface area contributed by atoms with Crippen molar-refractivity contribution in [1.29, 1.82) is 0 Å². The molecule has 2 rings (SSSR count). The average molecular weight is 166 g/mol. The zero-order valence-corrected chi connectivity index (χ0v) is 6.73. The second kappa shape index (κ2) is 2.75. The van der Waals surface area contributed by atoms with E-state index in [1.165, 1.54) is 6.07 Å². The van der Waals surface area contributed by atoms with Crippen LogP contribution in [0.5, 0.6) is 0 Å². The maximum atomic E-state index is 13.2. The van der Waals surface area contributed by atoms with Gasteiger partial charge in [-0.2, -0.15) is 0 Å². The van der Waals surface area contributed by atoms with Gasteiger partial charge in [-0.15, -0.1) is 0 Å². The van der Waals surface area contributed by atoms with E-state index in [-0.39, 0.29) is 5.82 Å². The number of nitrogens with one attached hydrogen (secondary N) is 1. The molecule has 1 heterocycles. The predicted molar refractivity (Wildman–Crippen MR) is 46.2 cm³/mol. The highest BCUT2D eigenvalue weighted by Gasteiger charge is 2.14. The van der Waals surface area contributed by atoms with Crippen LogP contribution in [0.1, 0.15) is 11.1 Å². The molecular formula is C9H11FN2. The van der Waals surface area contributed by atoms with Gasteiger partial charge in [-0.1, -0.05) is 0 Å². The normalized spacial score (nSPS) is 15.8. The first kappa shape index (κ1) is 7.55. The molecule has 0 radical (unpaired) electrons. The van der Waals surface area contributed by atoms with Crippen molar-refractivity contribution >= 4 is 5.69 Å². The summed E-state index contributed by atoms with van der Waals surface area (Å²) in [6.07, 6.45) is 0.742. The molecule has 12 heavy (non-hydrogen) atoms. The van der Waals surface area contributed by atoms with E-state index in [0.717, 1.165) is 24.1 Å². The minimum Gasteiger partial charge on any atom is -0.398 e. The molecule has 64 valence electrons. The zero-order valence-electron chi connectivity index (χ0n) is 6.73. The van der Waals surface area contributed by atoms with Crippen LogP contribution in [0.15, 0.2) is 12.1 Å². The molecule has 0 fully saturated rings. The van der Waals surface area contributed by atoms with Crippen LogP contribution in [0.4, 0.5) is 10.1 Å². The maximum absolute atomic E-state index is 13.2. The van der Waals surface area contributed by atoms with E-state index >= 15 is 0 Å². The number of rotatable bonds is 0. The van der Waals surface area contributed by atoms with Crippen molar-refractivity contribution < 1.29 is 4.39 Å². The third-order valence-corrected chi connectivity index (χ3v) is 2.26.